The second-order valence-corrected chi connectivity index (χ2v) is 5.94. The quantitative estimate of drug-likeness (QED) is 0.846. The number of pyridine rings is 1. The van der Waals surface area contributed by atoms with Crippen LogP contribution in [-0.4, -0.2) is 16.9 Å². The summed E-state index contributed by atoms with van der Waals surface area (Å²) < 4.78 is 13.1. The van der Waals surface area contributed by atoms with Crippen molar-refractivity contribution in [2.45, 2.75) is 39.2 Å². The smallest absolute Gasteiger partial charge is 0.254 e. The Morgan fingerprint density at radius 1 is 1.37 bits per heavy atom. The van der Waals surface area contributed by atoms with Crippen LogP contribution >= 0.6 is 11.6 Å². The average molecular weight is 285 g/mol. The summed E-state index contributed by atoms with van der Waals surface area (Å²) in [6.07, 6.45) is 4.10. The van der Waals surface area contributed by atoms with E-state index in [2.05, 4.69) is 24.1 Å². The Hall–Kier alpha value is -1.16. The number of hydrogen-bond donors (Lipinski definition) is 1. The summed E-state index contributed by atoms with van der Waals surface area (Å²) in [6.45, 7) is 4.37. The van der Waals surface area contributed by atoms with E-state index in [9.17, 15) is 9.18 Å². The lowest BCUT2D eigenvalue weighted by Gasteiger charge is -2.32. The highest BCUT2D eigenvalue weighted by atomic mass is 35.5. The van der Waals surface area contributed by atoms with Gasteiger partial charge in [-0.25, -0.2) is 9.37 Å². The minimum atomic E-state index is -0.556. The van der Waals surface area contributed by atoms with Gasteiger partial charge in [0.25, 0.3) is 5.91 Å². The number of hydrogen-bond acceptors (Lipinski definition) is 2. The van der Waals surface area contributed by atoms with Crippen molar-refractivity contribution in [2.75, 3.05) is 0 Å². The molecule has 1 aliphatic carbocycles. The van der Waals surface area contributed by atoms with Crippen LogP contribution in [0.4, 0.5) is 4.39 Å². The molecule has 1 saturated carbocycles. The molecule has 3 nitrogen and oxygen atoms in total. The van der Waals surface area contributed by atoms with Gasteiger partial charge in [0.2, 0.25) is 0 Å². The van der Waals surface area contributed by atoms with Crippen molar-refractivity contribution >= 4 is 17.5 Å². The average Bonchev–Trinajstić information content (AvgIpc) is 2.30. The van der Waals surface area contributed by atoms with E-state index in [4.69, 9.17) is 11.6 Å². The minimum absolute atomic E-state index is 0.0378. The molecule has 0 aliphatic heterocycles. The molecule has 1 fully saturated rings. The normalized spacial score (nSPS) is 27.1. The molecule has 0 bridgehead atoms. The largest absolute Gasteiger partial charge is 0.349 e. The van der Waals surface area contributed by atoms with Gasteiger partial charge in [-0.2, -0.15) is 0 Å². The Morgan fingerprint density at radius 2 is 2.00 bits per heavy atom. The fourth-order valence-electron chi connectivity index (χ4n) is 2.91. The molecule has 1 heterocycles. The van der Waals surface area contributed by atoms with Gasteiger partial charge in [-0.15, -0.1) is 0 Å². The van der Waals surface area contributed by atoms with Crippen LogP contribution in [-0.2, 0) is 0 Å². The predicted molar refractivity (Wildman–Crippen MR) is 72.6 cm³/mol. The first-order valence-corrected chi connectivity index (χ1v) is 6.95. The zero-order valence-corrected chi connectivity index (χ0v) is 11.9. The molecule has 0 spiro atoms. The third kappa shape index (κ3) is 3.66. The number of nitrogens with zero attached hydrogens (tertiary/aromatic N) is 1. The molecule has 1 amide bonds. The molecule has 1 N–H and O–H groups in total. The van der Waals surface area contributed by atoms with Gasteiger partial charge in [0, 0.05) is 6.04 Å². The summed E-state index contributed by atoms with van der Waals surface area (Å²) in [5, 5.41) is 2.97. The lowest BCUT2D eigenvalue weighted by atomic mass is 9.80. The third-order valence-corrected chi connectivity index (χ3v) is 3.87. The van der Waals surface area contributed by atoms with E-state index < -0.39 is 5.82 Å². The zero-order valence-electron chi connectivity index (χ0n) is 11.1. The summed E-state index contributed by atoms with van der Waals surface area (Å²) in [6, 6.07) is 1.26. The molecular weight excluding hydrogens is 267 g/mol. The van der Waals surface area contributed by atoms with Crippen LogP contribution in [0.5, 0.6) is 0 Å². The van der Waals surface area contributed by atoms with E-state index in [0.29, 0.717) is 11.8 Å². The molecule has 5 heteroatoms. The van der Waals surface area contributed by atoms with Gasteiger partial charge in [0.05, 0.1) is 11.8 Å². The van der Waals surface area contributed by atoms with Gasteiger partial charge in [0.15, 0.2) is 0 Å². The lowest BCUT2D eigenvalue weighted by Crippen LogP contribution is -2.40. The zero-order chi connectivity index (χ0) is 14.0. The summed E-state index contributed by atoms with van der Waals surface area (Å²) in [7, 11) is 0. The number of amides is 1. The van der Waals surface area contributed by atoms with Gasteiger partial charge in [0.1, 0.15) is 11.0 Å². The maximum atomic E-state index is 13.1. The van der Waals surface area contributed by atoms with Gasteiger partial charge in [-0.1, -0.05) is 25.4 Å². The summed E-state index contributed by atoms with van der Waals surface area (Å²) in [4.78, 5) is 15.7. The van der Waals surface area contributed by atoms with Gasteiger partial charge >= 0.3 is 0 Å². The van der Waals surface area contributed by atoms with E-state index in [1.54, 1.807) is 0 Å². The molecule has 0 radical (unpaired) electrons. The highest BCUT2D eigenvalue weighted by Gasteiger charge is 2.26. The highest BCUT2D eigenvalue weighted by Crippen LogP contribution is 2.28. The number of carbonyl (C=O) groups is 1. The molecule has 2 rings (SSSR count). The molecule has 1 aromatic heterocycles. The second-order valence-electron chi connectivity index (χ2n) is 5.58. The topological polar surface area (TPSA) is 42.0 Å². The minimum Gasteiger partial charge on any atom is -0.349 e. The van der Waals surface area contributed by atoms with Crippen molar-refractivity contribution in [2.24, 2.45) is 11.8 Å². The Balaban J connectivity index is 2.06. The number of carbonyl (C=O) groups excluding carboxylic acids is 1. The van der Waals surface area contributed by atoms with E-state index in [1.807, 2.05) is 0 Å². The van der Waals surface area contributed by atoms with Crippen LogP contribution in [0.15, 0.2) is 12.3 Å². The fourth-order valence-corrected chi connectivity index (χ4v) is 3.10. The van der Waals surface area contributed by atoms with Gasteiger partial charge in [-0.05, 0) is 37.2 Å². The molecule has 0 aromatic carbocycles. The second kappa shape index (κ2) is 5.87. The lowest BCUT2D eigenvalue weighted by molar-refractivity contribution is 0.0910. The van der Waals surface area contributed by atoms with Crippen molar-refractivity contribution in [3.63, 3.8) is 0 Å². The van der Waals surface area contributed by atoms with E-state index in [-0.39, 0.29) is 22.7 Å². The van der Waals surface area contributed by atoms with Crippen molar-refractivity contribution in [3.8, 4) is 0 Å². The Kier molecular flexibility index (Phi) is 4.40. The molecule has 1 aliphatic rings. The van der Waals surface area contributed by atoms with Gasteiger partial charge in [-0.3, -0.25) is 4.79 Å². The fraction of sp³-hybridized carbons (Fsp3) is 0.571. The van der Waals surface area contributed by atoms with Crippen LogP contribution in [0.25, 0.3) is 0 Å². The standard InChI is InChI=1S/C14H18ClFN2O/c1-8-3-9(2)5-11(4-8)18-14(19)12-6-10(16)7-17-13(12)15/h6-9,11H,3-5H2,1-2H3,(H,18,19). The summed E-state index contributed by atoms with van der Waals surface area (Å²) >= 11 is 5.83. The van der Waals surface area contributed by atoms with Crippen LogP contribution in [0.3, 0.4) is 0 Å². The number of rotatable bonds is 2. The first kappa shape index (κ1) is 14.3. The van der Waals surface area contributed by atoms with E-state index in [1.165, 1.54) is 6.42 Å². The molecule has 2 atom stereocenters. The first-order chi connectivity index (χ1) is 8.95. The summed E-state index contributed by atoms with van der Waals surface area (Å²) in [5.74, 6) is 0.286. The molecular formula is C14H18ClFN2O. The van der Waals surface area contributed by atoms with E-state index >= 15 is 0 Å². The first-order valence-electron chi connectivity index (χ1n) is 6.57. The number of halogens is 2. The maximum absolute atomic E-state index is 13.1. The molecule has 19 heavy (non-hydrogen) atoms. The third-order valence-electron chi connectivity index (χ3n) is 3.56. The maximum Gasteiger partial charge on any atom is 0.254 e. The van der Waals surface area contributed by atoms with Gasteiger partial charge < -0.3 is 5.32 Å². The SMILES string of the molecule is CC1CC(C)CC(NC(=O)c2cc(F)cnc2Cl)C1. The van der Waals surface area contributed by atoms with E-state index in [0.717, 1.165) is 25.1 Å². The Morgan fingerprint density at radius 3 is 2.63 bits per heavy atom. The molecule has 2 unspecified atom stereocenters. The summed E-state index contributed by atoms with van der Waals surface area (Å²) in [5.41, 5.74) is 0.104. The molecule has 1 aromatic rings. The van der Waals surface area contributed by atoms with Crippen LogP contribution in [0.1, 0.15) is 43.5 Å². The Labute approximate surface area is 117 Å². The van der Waals surface area contributed by atoms with Crippen molar-refractivity contribution in [1.29, 1.82) is 0 Å². The van der Waals surface area contributed by atoms with Crippen LogP contribution in [0.2, 0.25) is 5.15 Å². The number of aromatic nitrogens is 1. The Bertz CT molecular complexity index is 471. The van der Waals surface area contributed by atoms with Crippen LogP contribution in [0, 0.1) is 17.7 Å². The molecule has 104 valence electrons. The van der Waals surface area contributed by atoms with Crippen molar-refractivity contribution < 1.29 is 9.18 Å². The highest BCUT2D eigenvalue weighted by molar-refractivity contribution is 6.32. The number of nitrogens with one attached hydrogen (secondary N) is 1. The van der Waals surface area contributed by atoms with Crippen molar-refractivity contribution in [3.05, 3.63) is 28.8 Å². The molecule has 0 saturated heterocycles. The monoisotopic (exact) mass is 284 g/mol. The van der Waals surface area contributed by atoms with Crippen LogP contribution < -0.4 is 5.32 Å². The predicted octanol–water partition coefficient (Wildman–Crippen LogP) is 3.43. The van der Waals surface area contributed by atoms with Crippen molar-refractivity contribution in [1.82, 2.24) is 10.3 Å².